The minimum absolute atomic E-state index is 1.20. The lowest BCUT2D eigenvalue weighted by molar-refractivity contribution is 1.01. The fourth-order valence-corrected chi connectivity index (χ4v) is 26.3. The molecule has 9 aromatic heterocycles. The highest BCUT2D eigenvalue weighted by Gasteiger charge is 2.29. The summed E-state index contributed by atoms with van der Waals surface area (Å²) in [6, 6.07) is 144. The number of rotatable bonds is 4. The molecule has 0 aliphatic carbocycles. The van der Waals surface area contributed by atoms with E-state index in [9.17, 15) is 0 Å². The zero-order valence-electron chi connectivity index (χ0n) is 69.9. The van der Waals surface area contributed by atoms with Crippen LogP contribution < -0.4 is 0 Å². The number of nitrogens with zero attached hydrogens (tertiary/aromatic N) is 5. The highest BCUT2D eigenvalue weighted by Crippen LogP contribution is 2.55. The molecule has 29 aromatic rings. The summed E-state index contributed by atoms with van der Waals surface area (Å²) >= 11 is 7.67. The van der Waals surface area contributed by atoms with Crippen LogP contribution >= 0.6 is 45.3 Å². The lowest BCUT2D eigenvalue weighted by Crippen LogP contribution is -1.96. The minimum Gasteiger partial charge on any atom is -0.342 e. The van der Waals surface area contributed by atoms with Crippen molar-refractivity contribution in [3.8, 4) is 22.7 Å². The molecule has 0 atom stereocenters. The van der Waals surface area contributed by atoms with Crippen LogP contribution in [-0.2, 0) is 7.05 Å². The number of aryl methyl sites for hydroxylation is 4. The van der Waals surface area contributed by atoms with Crippen LogP contribution in [0.1, 0.15) is 16.7 Å². The van der Waals surface area contributed by atoms with Crippen LogP contribution in [-0.4, -0.2) is 22.8 Å². The van der Waals surface area contributed by atoms with E-state index < -0.39 is 0 Å². The Morgan fingerprint density at radius 3 is 0.882 bits per heavy atom. The van der Waals surface area contributed by atoms with E-state index in [1.54, 1.807) is 0 Å². The summed E-state index contributed by atoms with van der Waals surface area (Å²) in [7, 11) is 2.22. The third kappa shape index (κ3) is 11.0. The number of aromatic nitrogens is 5. The van der Waals surface area contributed by atoms with Crippen molar-refractivity contribution < 1.29 is 0 Å². The smallest absolute Gasteiger partial charge is 0.0800 e. The van der Waals surface area contributed by atoms with E-state index in [0.29, 0.717) is 0 Å². The zero-order valence-corrected chi connectivity index (χ0v) is 73.2. The predicted molar refractivity (Wildman–Crippen MR) is 555 cm³/mol. The number of para-hydroxylation sites is 6. The van der Waals surface area contributed by atoms with E-state index in [1.807, 2.05) is 45.3 Å². The van der Waals surface area contributed by atoms with Gasteiger partial charge in [0.15, 0.2) is 0 Å². The van der Waals surface area contributed by atoms with Gasteiger partial charge in [0.2, 0.25) is 0 Å². The molecule has 0 radical (unpaired) electrons. The Bertz CT molecular complexity index is 9650. The van der Waals surface area contributed by atoms with Crippen molar-refractivity contribution in [2.75, 3.05) is 0 Å². The first-order chi connectivity index (χ1) is 62.8. The maximum atomic E-state index is 2.47. The average molecular weight is 1690 g/mol. The van der Waals surface area contributed by atoms with Crippen LogP contribution in [0.3, 0.4) is 0 Å². The number of thiophene rings is 4. The van der Waals surface area contributed by atoms with Crippen LogP contribution in [0.2, 0.25) is 0 Å². The maximum absolute atomic E-state index is 2.47. The summed E-state index contributed by atoms with van der Waals surface area (Å²) in [5, 5.41) is 32.3. The van der Waals surface area contributed by atoms with Crippen LogP contribution in [0.4, 0.5) is 0 Å². The van der Waals surface area contributed by atoms with Gasteiger partial charge in [-0.05, 0) is 140 Å². The van der Waals surface area contributed by atoms with Crippen LogP contribution in [0.5, 0.6) is 0 Å². The molecule has 598 valence electrons. The van der Waals surface area contributed by atoms with Gasteiger partial charge in [0.25, 0.3) is 0 Å². The van der Waals surface area contributed by atoms with Crippen molar-refractivity contribution in [1.82, 2.24) is 22.8 Å². The molecule has 9 heteroatoms. The molecule has 0 aliphatic heterocycles. The Kier molecular flexibility index (Phi) is 16.7. The van der Waals surface area contributed by atoms with Gasteiger partial charge in [0.1, 0.15) is 0 Å². The molecule has 0 spiro atoms. The quantitative estimate of drug-likeness (QED) is 0.168. The van der Waals surface area contributed by atoms with Crippen molar-refractivity contribution in [2.24, 2.45) is 7.05 Å². The van der Waals surface area contributed by atoms with Crippen molar-refractivity contribution in [2.45, 2.75) is 20.8 Å². The van der Waals surface area contributed by atoms with Gasteiger partial charge in [-0.2, -0.15) is 0 Å². The van der Waals surface area contributed by atoms with Gasteiger partial charge in [-0.3, -0.25) is 0 Å². The summed E-state index contributed by atoms with van der Waals surface area (Å²) in [4.78, 5) is 0. The lowest BCUT2D eigenvalue weighted by Gasteiger charge is -2.11. The molecule has 20 aromatic carbocycles. The molecule has 9 heterocycles. The molecule has 5 nitrogen and oxygen atoms in total. The molecule has 0 fully saturated rings. The highest BCUT2D eigenvalue weighted by molar-refractivity contribution is 7.28. The second-order valence-corrected chi connectivity index (χ2v) is 38.0. The molecule has 0 saturated carbocycles. The summed E-state index contributed by atoms with van der Waals surface area (Å²) in [6.07, 6.45) is 0. The van der Waals surface area contributed by atoms with Gasteiger partial charge >= 0.3 is 0 Å². The van der Waals surface area contributed by atoms with Gasteiger partial charge in [-0.1, -0.05) is 302 Å². The van der Waals surface area contributed by atoms with Crippen molar-refractivity contribution in [1.29, 1.82) is 0 Å². The number of benzene rings is 20. The van der Waals surface area contributed by atoms with E-state index in [-0.39, 0.29) is 0 Å². The Labute approximate surface area is 745 Å². The number of hydrogen-bond acceptors (Lipinski definition) is 4. The maximum Gasteiger partial charge on any atom is 0.0800 e. The number of fused-ring (bicyclic) bond motifs is 42. The fourth-order valence-electron chi connectivity index (χ4n) is 21.3. The second-order valence-electron chi connectivity index (χ2n) is 33.8. The van der Waals surface area contributed by atoms with Gasteiger partial charge in [-0.25, -0.2) is 0 Å². The number of hydrogen-bond donors (Lipinski definition) is 0. The first-order valence-corrected chi connectivity index (χ1v) is 46.8. The van der Waals surface area contributed by atoms with E-state index in [2.05, 4.69) is 445 Å². The monoisotopic (exact) mass is 1690 g/mol. The standard InChI is InChI=1S/C31H20N2S.3C29H19NS/c1-32-23-16-8-5-13-20(23)26-27-22-15-7-10-18-25(22)34-31(27)28-21-14-6-9-17-24(21)33(30(28)29(26)32)19-11-3-2-4-12-19;1-18-9-8-10-19(17-18)30-24-15-6-4-13-22(24)27-28(30)21-12-3-2-11-20(21)26-23-14-5-7-16-25(23)31-29(26)27;1-18-14-16-19(17-15-18)30-24-12-6-4-10-22(24)26-27-23-11-5-7-13-25(23)31-29(27)21-9-3-2-8-20(21)28(26)30;1-18-14-16-19(17-15-18)30-24-12-6-4-10-22(24)27-28(30)21-9-3-2-8-20(21)26-23-11-5-7-13-25(23)31-29(26)27/h2-18H,1H3;3*2-17H,1H3. The fraction of sp³-hybridized carbons (Fsp3) is 0.0339. The normalized spacial score (nSPS) is 12.1. The van der Waals surface area contributed by atoms with E-state index >= 15 is 0 Å². The molecule has 0 N–H and O–H groups in total. The Hall–Kier alpha value is -14.9. The predicted octanol–water partition coefficient (Wildman–Crippen LogP) is 34.6. The largest absolute Gasteiger partial charge is 0.342 e. The summed E-state index contributed by atoms with van der Waals surface area (Å²) in [6.45, 7) is 6.46. The summed E-state index contributed by atoms with van der Waals surface area (Å²) in [5.74, 6) is 0. The molecule has 0 unspecified atom stereocenters. The second kappa shape index (κ2) is 28.8. The van der Waals surface area contributed by atoms with Crippen molar-refractivity contribution in [3.05, 3.63) is 411 Å². The van der Waals surface area contributed by atoms with Gasteiger partial charge in [-0.15, -0.1) is 45.3 Å². The average Bonchev–Trinajstić information content (AvgIpc) is 1.56. The SMILES string of the molecule is Cc1ccc(-n2c3ccccc3c3c4c5ccccc5sc4c4ccccc4c32)cc1.Cc1ccc(-n2c3ccccc3c3c4sc5ccccc5c4c4ccccc4c32)cc1.Cc1cccc(-n2c3ccccc3c3c4sc5ccccc5c4c4ccccc4c32)c1.Cn1c2ccccc2c2c3c4ccccc4sc3c3c4ccccc4n(-c4ccccc4)c3c21. The van der Waals surface area contributed by atoms with Crippen molar-refractivity contribution in [3.63, 3.8) is 0 Å². The van der Waals surface area contributed by atoms with Gasteiger partial charge in [0, 0.05) is 191 Å². The zero-order chi connectivity index (χ0) is 84.0. The highest BCUT2D eigenvalue weighted by atomic mass is 32.1. The minimum atomic E-state index is 1.20. The van der Waals surface area contributed by atoms with Crippen LogP contribution in [0.25, 0.3) is 245 Å². The Morgan fingerprint density at radius 1 is 0.165 bits per heavy atom. The molecular formula is C118H77N5S4. The Morgan fingerprint density at radius 2 is 0.441 bits per heavy atom. The molecular weight excluding hydrogens is 1620 g/mol. The first kappa shape index (κ1) is 73.6. The van der Waals surface area contributed by atoms with Crippen molar-refractivity contribution >= 4 is 267 Å². The van der Waals surface area contributed by atoms with E-state index in [1.165, 1.54) is 261 Å². The molecule has 127 heavy (non-hydrogen) atoms. The van der Waals surface area contributed by atoms with Gasteiger partial charge in [0.05, 0.1) is 49.7 Å². The van der Waals surface area contributed by atoms with Gasteiger partial charge < -0.3 is 22.8 Å². The topological polar surface area (TPSA) is 24.6 Å². The molecule has 0 saturated heterocycles. The summed E-state index contributed by atoms with van der Waals surface area (Å²) < 4.78 is 23.2. The molecule has 29 rings (SSSR count). The first-order valence-electron chi connectivity index (χ1n) is 43.5. The third-order valence-electron chi connectivity index (χ3n) is 26.6. The lowest BCUT2D eigenvalue weighted by atomic mass is 10.00. The Balaban J connectivity index is 0.0000000899. The summed E-state index contributed by atoms with van der Waals surface area (Å²) in [5.41, 5.74) is 21.5. The van der Waals surface area contributed by atoms with Crippen LogP contribution in [0, 0.1) is 20.8 Å². The van der Waals surface area contributed by atoms with E-state index in [4.69, 9.17) is 0 Å². The molecule has 0 bridgehead atoms. The van der Waals surface area contributed by atoms with Crippen LogP contribution in [0.15, 0.2) is 394 Å². The molecule has 0 aliphatic rings. The third-order valence-corrected chi connectivity index (χ3v) is 31.4. The molecule has 0 amide bonds. The van der Waals surface area contributed by atoms with E-state index in [0.717, 1.165) is 0 Å².